The van der Waals surface area contributed by atoms with Crippen LogP contribution in [0.1, 0.15) is 76.2 Å². The number of ether oxygens (including phenoxy) is 2. The molecule has 0 radical (unpaired) electrons. The molecule has 16 nitrogen and oxygen atoms in total. The number of nitrogens with one attached hydrogen (secondary N) is 3. The third-order valence-corrected chi connectivity index (χ3v) is 14.1. The van der Waals surface area contributed by atoms with Crippen LogP contribution in [0.5, 0.6) is 11.5 Å². The monoisotopic (exact) mass is 952 g/mol. The molecule has 3 aromatic carbocycles. The Morgan fingerprint density at radius 2 is 1.76 bits per heavy atom. The van der Waals surface area contributed by atoms with Crippen molar-refractivity contribution in [3.05, 3.63) is 117 Å². The molecular weight excluding hydrogens is 896 g/mol. The third-order valence-electron chi connectivity index (χ3n) is 12.6. The average molecular weight is 954 g/mol. The van der Waals surface area contributed by atoms with E-state index in [1.165, 1.54) is 41.1 Å². The van der Waals surface area contributed by atoms with Crippen LogP contribution in [-0.2, 0) is 14.8 Å². The van der Waals surface area contributed by atoms with Gasteiger partial charge in [-0.05, 0) is 117 Å². The molecule has 354 valence electrons. The Bertz CT molecular complexity index is 2820. The molecule has 1 atom stereocenters. The van der Waals surface area contributed by atoms with E-state index >= 15 is 0 Å². The van der Waals surface area contributed by atoms with Gasteiger partial charge in [0.05, 0.1) is 21.6 Å². The van der Waals surface area contributed by atoms with Gasteiger partial charge in [-0.25, -0.2) is 22.9 Å². The summed E-state index contributed by atoms with van der Waals surface area (Å²) >= 11 is 6.25. The van der Waals surface area contributed by atoms with Gasteiger partial charge in [0.15, 0.2) is 0 Å². The van der Waals surface area contributed by atoms with Crippen molar-refractivity contribution in [3.63, 3.8) is 0 Å². The number of anilines is 2. The smallest absolute Gasteiger partial charge is 0.410 e. The topological polar surface area (TPSA) is 192 Å². The number of sulfonamides is 1. The lowest BCUT2D eigenvalue weighted by molar-refractivity contribution is -0.384. The van der Waals surface area contributed by atoms with Gasteiger partial charge in [-0.2, -0.15) is 0 Å². The first kappa shape index (κ1) is 47.3. The number of likely N-dealkylation sites (tertiary alicyclic amines) is 1. The first-order valence-corrected chi connectivity index (χ1v) is 24.4. The molecule has 8 rings (SSSR count). The number of hydrogen-bond acceptors (Lipinski definition) is 12. The van der Waals surface area contributed by atoms with Gasteiger partial charge < -0.3 is 29.6 Å². The number of amides is 2. The van der Waals surface area contributed by atoms with Crippen molar-refractivity contribution in [2.45, 2.75) is 70.8 Å². The highest BCUT2D eigenvalue weighted by atomic mass is 35.5. The molecule has 1 aliphatic carbocycles. The summed E-state index contributed by atoms with van der Waals surface area (Å²) in [5, 5.41) is 16.8. The fourth-order valence-corrected chi connectivity index (χ4v) is 10.1. The summed E-state index contributed by atoms with van der Waals surface area (Å²) < 4.78 is 41.5. The van der Waals surface area contributed by atoms with Gasteiger partial charge in [0.1, 0.15) is 28.4 Å². The zero-order valence-corrected chi connectivity index (χ0v) is 40.0. The van der Waals surface area contributed by atoms with Crippen molar-refractivity contribution in [2.24, 2.45) is 11.3 Å². The van der Waals surface area contributed by atoms with Gasteiger partial charge in [0.2, 0.25) is 0 Å². The molecule has 67 heavy (non-hydrogen) atoms. The number of aromatic nitrogens is 2. The number of piperazine rings is 1. The molecule has 1 unspecified atom stereocenters. The molecule has 2 fully saturated rings. The second kappa shape index (κ2) is 19.2. The quantitative estimate of drug-likeness (QED) is 0.0749. The van der Waals surface area contributed by atoms with Crippen LogP contribution in [0.4, 0.5) is 21.9 Å². The zero-order valence-electron chi connectivity index (χ0n) is 38.4. The van der Waals surface area contributed by atoms with Crippen LogP contribution in [0, 0.1) is 21.4 Å². The molecule has 2 amide bonds. The number of aromatic amines is 1. The molecule has 2 aromatic heterocycles. The average Bonchev–Trinajstić information content (AvgIpc) is 3.96. The number of pyridine rings is 1. The van der Waals surface area contributed by atoms with E-state index < -0.39 is 43.1 Å². The number of hydrogen-bond donors (Lipinski definition) is 3. The highest BCUT2D eigenvalue weighted by Crippen LogP contribution is 2.43. The number of fused-ring (bicyclic) bond motifs is 1. The van der Waals surface area contributed by atoms with Crippen molar-refractivity contribution in [1.82, 2.24) is 24.5 Å². The minimum absolute atomic E-state index is 0.0186. The molecular formula is C49H57ClN8O8S. The summed E-state index contributed by atoms with van der Waals surface area (Å²) in [6, 6.07) is 20.2. The number of nitro benzene ring substituents is 1. The normalized spacial score (nSPS) is 18.0. The fourth-order valence-electron chi connectivity index (χ4n) is 8.94. The van der Waals surface area contributed by atoms with E-state index in [4.69, 9.17) is 21.1 Å². The maximum atomic E-state index is 14.0. The standard InChI is InChI=1S/C49H57ClN8O8S/c1-48(2,3)66-47(60)57-19-16-32(30-57)28-52-42-13-11-39(26-43(42)58(61)62)67(63,64)54-46(59)40-12-10-37(25-44(40)65-38-24-34-15-18-51-45(34)53-29-38)56-22-20-55(21-23-56)31-35-14-17-49(4,5)27-41(35)33-6-8-36(50)9-7-33/h6-13,15,18,24-26,29,32,52H,14,16-17,19-23,27-28,30-31H2,1-5H3,(H,51,53)(H,54,59). The maximum Gasteiger partial charge on any atom is 0.410 e. The van der Waals surface area contributed by atoms with Gasteiger partial charge in [0, 0.05) is 86.8 Å². The number of rotatable bonds is 13. The summed E-state index contributed by atoms with van der Waals surface area (Å²) in [6.45, 7) is 15.1. The molecule has 3 N–H and O–H groups in total. The number of nitrogens with zero attached hydrogens (tertiary/aromatic N) is 5. The number of halogens is 1. The molecule has 4 heterocycles. The fraction of sp³-hybridized carbons (Fsp3) is 0.408. The van der Waals surface area contributed by atoms with Gasteiger partial charge >= 0.3 is 6.09 Å². The summed E-state index contributed by atoms with van der Waals surface area (Å²) in [7, 11) is -4.62. The summed E-state index contributed by atoms with van der Waals surface area (Å²) in [5.74, 6) is -0.562. The largest absolute Gasteiger partial charge is 0.455 e. The lowest BCUT2D eigenvalue weighted by atomic mass is 9.72. The number of allylic oxidation sites excluding steroid dienone is 1. The molecule has 18 heteroatoms. The third kappa shape index (κ3) is 11.5. The van der Waals surface area contributed by atoms with Crippen LogP contribution >= 0.6 is 11.6 Å². The van der Waals surface area contributed by atoms with Crippen molar-refractivity contribution in [1.29, 1.82) is 0 Å². The van der Waals surface area contributed by atoms with E-state index in [2.05, 4.69) is 55.8 Å². The van der Waals surface area contributed by atoms with Gasteiger partial charge in [-0.15, -0.1) is 0 Å². The lowest BCUT2D eigenvalue weighted by Crippen LogP contribution is -2.47. The highest BCUT2D eigenvalue weighted by Gasteiger charge is 2.32. The van der Waals surface area contributed by atoms with Gasteiger partial charge in [-0.1, -0.05) is 43.2 Å². The summed E-state index contributed by atoms with van der Waals surface area (Å²) in [4.78, 5) is 51.4. The summed E-state index contributed by atoms with van der Waals surface area (Å²) in [5.41, 5.74) is 4.64. The van der Waals surface area contributed by atoms with Gasteiger partial charge in [-0.3, -0.25) is 19.8 Å². The Labute approximate surface area is 395 Å². The number of nitro groups is 1. The number of H-pyrrole nitrogens is 1. The zero-order chi connectivity index (χ0) is 47.7. The minimum atomic E-state index is -4.62. The Morgan fingerprint density at radius 1 is 1.00 bits per heavy atom. The van der Waals surface area contributed by atoms with E-state index in [0.717, 1.165) is 61.1 Å². The van der Waals surface area contributed by atoms with E-state index in [9.17, 15) is 28.1 Å². The lowest BCUT2D eigenvalue weighted by Gasteiger charge is -2.39. The van der Waals surface area contributed by atoms with Crippen LogP contribution < -0.4 is 19.7 Å². The van der Waals surface area contributed by atoms with Crippen LogP contribution in [0.2, 0.25) is 5.02 Å². The number of carbonyl (C=O) groups excluding carboxylic acids is 2. The van der Waals surface area contributed by atoms with E-state index in [0.29, 0.717) is 50.5 Å². The predicted octanol–water partition coefficient (Wildman–Crippen LogP) is 9.49. The number of benzene rings is 3. The van der Waals surface area contributed by atoms with E-state index in [1.54, 1.807) is 50.1 Å². The Balaban J connectivity index is 0.973. The van der Waals surface area contributed by atoms with Crippen LogP contribution in [0.25, 0.3) is 16.6 Å². The van der Waals surface area contributed by atoms with Crippen molar-refractivity contribution in [2.75, 3.05) is 62.6 Å². The van der Waals surface area contributed by atoms with Crippen LogP contribution in [-0.4, -0.2) is 103 Å². The highest BCUT2D eigenvalue weighted by molar-refractivity contribution is 7.90. The maximum absolute atomic E-state index is 14.0. The van der Waals surface area contributed by atoms with Gasteiger partial charge in [0.25, 0.3) is 21.6 Å². The predicted molar refractivity (Wildman–Crippen MR) is 259 cm³/mol. The Kier molecular flexibility index (Phi) is 13.6. The minimum Gasteiger partial charge on any atom is -0.455 e. The Hall–Kier alpha value is -6.17. The summed E-state index contributed by atoms with van der Waals surface area (Å²) in [6.07, 6.45) is 6.66. The molecule has 0 saturated carbocycles. The molecule has 2 aliphatic heterocycles. The van der Waals surface area contributed by atoms with Crippen LogP contribution in [0.15, 0.2) is 95.7 Å². The van der Waals surface area contributed by atoms with E-state index in [1.807, 2.05) is 18.2 Å². The van der Waals surface area contributed by atoms with Crippen molar-refractivity contribution >= 4 is 67.3 Å². The first-order chi connectivity index (χ1) is 31.8. The Morgan fingerprint density at radius 3 is 2.49 bits per heavy atom. The molecule has 0 bridgehead atoms. The molecule has 2 saturated heterocycles. The van der Waals surface area contributed by atoms with Crippen molar-refractivity contribution < 1.29 is 32.4 Å². The number of carbonyl (C=O) groups is 2. The van der Waals surface area contributed by atoms with E-state index in [-0.39, 0.29) is 28.3 Å². The SMILES string of the molecule is CC1(C)CCC(CN2CCN(c3ccc(C(=O)NS(=O)(=O)c4ccc(NCC5CCN(C(=O)OC(C)(C)C)C5)c([N+](=O)[O-])c4)c(Oc4cnc5[nH]ccc5c4)c3)CC2)=C(c2ccc(Cl)cc2)C1. The first-order valence-electron chi connectivity index (χ1n) is 22.6. The second-order valence-corrected chi connectivity index (χ2v) is 21.5. The second-order valence-electron chi connectivity index (χ2n) is 19.4. The molecule has 5 aromatic rings. The molecule has 3 aliphatic rings. The molecule has 0 spiro atoms. The van der Waals surface area contributed by atoms with Crippen molar-refractivity contribution in [3.8, 4) is 11.5 Å². The van der Waals surface area contributed by atoms with Crippen LogP contribution in [0.3, 0.4) is 0 Å².